The van der Waals surface area contributed by atoms with Gasteiger partial charge in [-0.25, -0.2) is 9.37 Å². The molecule has 1 aliphatic heterocycles. The summed E-state index contributed by atoms with van der Waals surface area (Å²) >= 11 is 9.20. The summed E-state index contributed by atoms with van der Waals surface area (Å²) in [7, 11) is 0. The molecule has 10 heteroatoms. The van der Waals surface area contributed by atoms with E-state index in [0.29, 0.717) is 45.7 Å². The standard InChI is InChI=1S/C27H24ClFN4O2S2/c28-22-6-2-4-8-24(22)31-13-15-32(16-14-31)25(34)17-36-18-37-27-30-23-7-3-1-5-21(23)26(35)33(27)20-11-9-19(29)10-12-20/h1-12H,13-18H2. The van der Waals surface area contributed by atoms with Crippen LogP contribution in [0, 0.1) is 5.82 Å². The van der Waals surface area contributed by atoms with Crippen molar-refractivity contribution in [1.29, 1.82) is 0 Å². The lowest BCUT2D eigenvalue weighted by Gasteiger charge is -2.36. The van der Waals surface area contributed by atoms with E-state index >= 15 is 0 Å². The van der Waals surface area contributed by atoms with E-state index in [1.165, 1.54) is 40.2 Å². The van der Waals surface area contributed by atoms with E-state index in [-0.39, 0.29) is 17.3 Å². The van der Waals surface area contributed by atoms with Crippen molar-refractivity contribution in [3.63, 3.8) is 0 Å². The van der Waals surface area contributed by atoms with E-state index in [9.17, 15) is 14.0 Å². The van der Waals surface area contributed by atoms with Crippen LogP contribution in [0.3, 0.4) is 0 Å². The summed E-state index contributed by atoms with van der Waals surface area (Å²) < 4.78 is 15.0. The van der Waals surface area contributed by atoms with Gasteiger partial charge in [-0.2, -0.15) is 0 Å². The Morgan fingerprint density at radius 1 is 0.946 bits per heavy atom. The van der Waals surface area contributed by atoms with Gasteiger partial charge in [-0.05, 0) is 48.5 Å². The first kappa shape index (κ1) is 25.6. The molecule has 0 bridgehead atoms. The number of nitrogens with zero attached hydrogens (tertiary/aromatic N) is 4. The Labute approximate surface area is 227 Å². The summed E-state index contributed by atoms with van der Waals surface area (Å²) in [6.07, 6.45) is 0. The lowest BCUT2D eigenvalue weighted by molar-refractivity contribution is -0.128. The van der Waals surface area contributed by atoms with Crippen LogP contribution in [-0.2, 0) is 4.79 Å². The maximum atomic E-state index is 13.5. The molecule has 0 saturated carbocycles. The lowest BCUT2D eigenvalue weighted by Crippen LogP contribution is -2.49. The van der Waals surface area contributed by atoms with E-state index in [0.717, 1.165) is 23.8 Å². The summed E-state index contributed by atoms with van der Waals surface area (Å²) in [6.45, 7) is 2.77. The number of aromatic nitrogens is 2. The maximum absolute atomic E-state index is 13.5. The van der Waals surface area contributed by atoms with Gasteiger partial charge in [-0.1, -0.05) is 47.6 Å². The molecule has 1 amide bonds. The fraction of sp³-hybridized carbons (Fsp3) is 0.222. The highest BCUT2D eigenvalue weighted by molar-refractivity contribution is 8.16. The number of rotatable bonds is 7. The van der Waals surface area contributed by atoms with E-state index < -0.39 is 0 Å². The van der Waals surface area contributed by atoms with Gasteiger partial charge >= 0.3 is 0 Å². The third kappa shape index (κ3) is 5.79. The number of thioether (sulfide) groups is 2. The molecule has 1 aliphatic rings. The van der Waals surface area contributed by atoms with Crippen molar-refractivity contribution in [3.05, 3.63) is 94.0 Å². The molecule has 6 nitrogen and oxygen atoms in total. The molecular formula is C27H24ClFN4O2S2. The fourth-order valence-electron chi connectivity index (χ4n) is 4.25. The number of carbonyl (C=O) groups excluding carboxylic acids is 1. The third-order valence-electron chi connectivity index (χ3n) is 6.15. The molecular weight excluding hydrogens is 531 g/mol. The van der Waals surface area contributed by atoms with Crippen molar-refractivity contribution < 1.29 is 9.18 Å². The number of carbonyl (C=O) groups is 1. The van der Waals surface area contributed by atoms with Crippen LogP contribution in [-0.4, -0.2) is 57.4 Å². The number of para-hydroxylation sites is 2. The number of anilines is 1. The Hall–Kier alpha value is -3.01. The van der Waals surface area contributed by atoms with Crippen molar-refractivity contribution in [1.82, 2.24) is 14.5 Å². The van der Waals surface area contributed by atoms with Crippen LogP contribution in [0.25, 0.3) is 16.6 Å². The first-order valence-corrected chi connectivity index (χ1v) is 14.3. The van der Waals surface area contributed by atoms with Crippen LogP contribution in [0.15, 0.2) is 82.7 Å². The van der Waals surface area contributed by atoms with E-state index in [1.54, 1.807) is 30.3 Å². The molecule has 0 spiro atoms. The molecule has 3 aromatic carbocycles. The minimum atomic E-state index is -0.374. The van der Waals surface area contributed by atoms with Crippen LogP contribution in [0.5, 0.6) is 0 Å². The van der Waals surface area contributed by atoms with Gasteiger partial charge in [-0.15, -0.1) is 11.8 Å². The Morgan fingerprint density at radius 2 is 1.65 bits per heavy atom. The fourth-order valence-corrected chi connectivity index (χ4v) is 6.43. The number of benzene rings is 3. The Bertz CT molecular complexity index is 1470. The molecule has 1 aromatic heterocycles. The van der Waals surface area contributed by atoms with Crippen LogP contribution >= 0.6 is 35.1 Å². The molecule has 1 fully saturated rings. The van der Waals surface area contributed by atoms with Crippen molar-refractivity contribution in [2.45, 2.75) is 5.16 Å². The quantitative estimate of drug-likeness (QED) is 0.134. The molecule has 0 atom stereocenters. The first-order chi connectivity index (χ1) is 18.0. The molecule has 0 aliphatic carbocycles. The van der Waals surface area contributed by atoms with E-state index in [4.69, 9.17) is 16.6 Å². The van der Waals surface area contributed by atoms with Crippen LogP contribution in [0.4, 0.5) is 10.1 Å². The van der Waals surface area contributed by atoms with Crippen molar-refractivity contribution >= 4 is 57.6 Å². The molecule has 4 aromatic rings. The second-order valence-corrected chi connectivity index (χ2v) is 11.2. The molecule has 1 saturated heterocycles. The van der Waals surface area contributed by atoms with Crippen molar-refractivity contribution in [3.8, 4) is 5.69 Å². The van der Waals surface area contributed by atoms with Gasteiger partial charge in [0.15, 0.2) is 5.16 Å². The van der Waals surface area contributed by atoms with Gasteiger partial charge < -0.3 is 9.80 Å². The molecule has 37 heavy (non-hydrogen) atoms. The third-order valence-corrected chi connectivity index (χ3v) is 8.59. The van der Waals surface area contributed by atoms with Crippen LogP contribution in [0.1, 0.15) is 0 Å². The molecule has 0 N–H and O–H groups in total. The number of piperazine rings is 1. The summed E-state index contributed by atoms with van der Waals surface area (Å²) in [5, 5.41) is 2.26. The number of hydrogen-bond donors (Lipinski definition) is 0. The summed E-state index contributed by atoms with van der Waals surface area (Å²) in [4.78, 5) is 34.9. The van der Waals surface area contributed by atoms with Crippen molar-refractivity contribution in [2.24, 2.45) is 0 Å². The Morgan fingerprint density at radius 3 is 2.41 bits per heavy atom. The zero-order valence-electron chi connectivity index (χ0n) is 19.8. The summed E-state index contributed by atoms with van der Waals surface area (Å²) in [5.74, 6) is 0.0568. The minimum absolute atomic E-state index is 0.0896. The minimum Gasteiger partial charge on any atom is -0.367 e. The predicted molar refractivity (Wildman–Crippen MR) is 151 cm³/mol. The first-order valence-electron chi connectivity index (χ1n) is 11.8. The van der Waals surface area contributed by atoms with Crippen LogP contribution < -0.4 is 10.5 Å². The second kappa shape index (κ2) is 11.6. The Kier molecular flexibility index (Phi) is 8.02. The summed E-state index contributed by atoms with van der Waals surface area (Å²) in [6, 6.07) is 20.7. The van der Waals surface area contributed by atoms with Crippen molar-refractivity contribution in [2.75, 3.05) is 41.9 Å². The zero-order valence-corrected chi connectivity index (χ0v) is 22.2. The number of amides is 1. The van der Waals surface area contributed by atoms with E-state index in [2.05, 4.69) is 4.90 Å². The number of halogens is 2. The second-order valence-electron chi connectivity index (χ2n) is 8.46. The predicted octanol–water partition coefficient (Wildman–Crippen LogP) is 5.31. The molecule has 0 unspecified atom stereocenters. The van der Waals surface area contributed by atoms with E-state index in [1.807, 2.05) is 35.2 Å². The van der Waals surface area contributed by atoms with Gasteiger partial charge in [0.2, 0.25) is 5.91 Å². The average Bonchev–Trinajstić information content (AvgIpc) is 2.92. The van der Waals surface area contributed by atoms with Crippen LogP contribution in [0.2, 0.25) is 5.02 Å². The maximum Gasteiger partial charge on any atom is 0.266 e. The largest absolute Gasteiger partial charge is 0.367 e. The highest BCUT2D eigenvalue weighted by Crippen LogP contribution is 2.27. The highest BCUT2D eigenvalue weighted by Gasteiger charge is 2.22. The number of fused-ring (bicyclic) bond motifs is 1. The molecule has 5 rings (SSSR count). The van der Waals surface area contributed by atoms with Gasteiger partial charge in [0.1, 0.15) is 5.82 Å². The molecule has 190 valence electrons. The van der Waals surface area contributed by atoms with Gasteiger partial charge in [-0.3, -0.25) is 14.2 Å². The summed E-state index contributed by atoms with van der Waals surface area (Å²) in [5.41, 5.74) is 1.93. The SMILES string of the molecule is O=C(CSCSc1nc2ccccc2c(=O)n1-c1ccc(F)cc1)N1CCN(c2ccccc2Cl)CC1. The lowest BCUT2D eigenvalue weighted by atomic mass is 10.2. The van der Waals surface area contributed by atoms with Gasteiger partial charge in [0, 0.05) is 31.3 Å². The molecule has 0 radical (unpaired) electrons. The zero-order chi connectivity index (χ0) is 25.8. The normalized spacial score (nSPS) is 13.8. The van der Waals surface area contributed by atoms with Gasteiger partial charge in [0.05, 0.1) is 33.1 Å². The number of hydrogen-bond acceptors (Lipinski definition) is 6. The molecule has 2 heterocycles. The smallest absolute Gasteiger partial charge is 0.266 e. The van der Waals surface area contributed by atoms with Gasteiger partial charge in [0.25, 0.3) is 5.56 Å². The average molecular weight is 555 g/mol. The monoisotopic (exact) mass is 554 g/mol. The Balaban J connectivity index is 1.21. The highest BCUT2D eigenvalue weighted by atomic mass is 35.5. The topological polar surface area (TPSA) is 58.4 Å².